The van der Waals surface area contributed by atoms with Crippen LogP contribution in [0.25, 0.3) is 0 Å². The van der Waals surface area contributed by atoms with Crippen molar-refractivity contribution < 1.29 is 0 Å². The van der Waals surface area contributed by atoms with Gasteiger partial charge in [-0.2, -0.15) is 5.26 Å². The zero-order chi connectivity index (χ0) is 7.14. The van der Waals surface area contributed by atoms with Crippen LogP contribution < -0.4 is 0 Å². The normalized spacial score (nSPS) is 45.8. The van der Waals surface area contributed by atoms with Crippen LogP contribution in [-0.4, -0.2) is 0 Å². The molecular weight excluding hydrogens is 122 g/mol. The van der Waals surface area contributed by atoms with Gasteiger partial charge in [-0.15, -0.1) is 0 Å². The molecule has 2 saturated carbocycles. The number of nitriles is 1. The molecular formula is C9H12N. The van der Waals surface area contributed by atoms with Gasteiger partial charge in [0, 0.05) is 5.92 Å². The summed E-state index contributed by atoms with van der Waals surface area (Å²) < 4.78 is 0. The fraction of sp³-hybridized carbons (Fsp3) is 0.778. The van der Waals surface area contributed by atoms with Gasteiger partial charge in [0.25, 0.3) is 0 Å². The van der Waals surface area contributed by atoms with Gasteiger partial charge in [-0.25, -0.2) is 0 Å². The molecule has 0 amide bonds. The van der Waals surface area contributed by atoms with E-state index in [9.17, 15) is 0 Å². The number of hydrogen-bond donors (Lipinski definition) is 0. The lowest BCUT2D eigenvalue weighted by Crippen LogP contribution is -2.14. The van der Waals surface area contributed by atoms with E-state index in [4.69, 9.17) is 5.26 Å². The Bertz CT molecular complexity index is 180. The largest absolute Gasteiger partial charge is 0.198 e. The van der Waals surface area contributed by atoms with Crippen LogP contribution in [0.3, 0.4) is 0 Å². The lowest BCUT2D eigenvalue weighted by molar-refractivity contribution is 0.435. The van der Waals surface area contributed by atoms with Gasteiger partial charge in [0.05, 0.1) is 6.07 Å². The SMILES string of the molecule is C[C]1CC2CC(C#N)C1C2. The van der Waals surface area contributed by atoms with Gasteiger partial charge >= 0.3 is 0 Å². The highest BCUT2D eigenvalue weighted by Gasteiger charge is 2.44. The maximum atomic E-state index is 8.74. The van der Waals surface area contributed by atoms with Crippen LogP contribution in [0.2, 0.25) is 0 Å². The minimum absolute atomic E-state index is 0.374. The Balaban J connectivity index is 2.14. The van der Waals surface area contributed by atoms with Crippen molar-refractivity contribution in [2.45, 2.75) is 26.2 Å². The quantitative estimate of drug-likeness (QED) is 0.498. The molecule has 2 bridgehead atoms. The van der Waals surface area contributed by atoms with E-state index in [1.807, 2.05) is 0 Å². The first-order valence-corrected chi connectivity index (χ1v) is 4.03. The van der Waals surface area contributed by atoms with E-state index >= 15 is 0 Å². The summed E-state index contributed by atoms with van der Waals surface area (Å²) in [4.78, 5) is 0. The first-order valence-electron chi connectivity index (χ1n) is 4.03. The highest BCUT2D eigenvalue weighted by Crippen LogP contribution is 2.52. The number of fused-ring (bicyclic) bond motifs is 2. The molecule has 1 heteroatoms. The fourth-order valence-corrected chi connectivity index (χ4v) is 2.60. The smallest absolute Gasteiger partial charge is 0.0659 e. The van der Waals surface area contributed by atoms with Gasteiger partial charge in [0.15, 0.2) is 0 Å². The van der Waals surface area contributed by atoms with Crippen LogP contribution in [-0.2, 0) is 0 Å². The molecule has 2 aliphatic rings. The van der Waals surface area contributed by atoms with Crippen molar-refractivity contribution in [3.8, 4) is 6.07 Å². The van der Waals surface area contributed by atoms with Gasteiger partial charge in [-0.1, -0.05) is 6.92 Å². The third-order valence-electron chi connectivity index (χ3n) is 3.07. The minimum Gasteiger partial charge on any atom is -0.198 e. The van der Waals surface area contributed by atoms with E-state index in [0.29, 0.717) is 11.8 Å². The van der Waals surface area contributed by atoms with E-state index in [0.717, 1.165) is 5.92 Å². The van der Waals surface area contributed by atoms with Crippen LogP contribution in [0.15, 0.2) is 0 Å². The summed E-state index contributed by atoms with van der Waals surface area (Å²) in [5.74, 6) is 3.51. The second kappa shape index (κ2) is 1.99. The van der Waals surface area contributed by atoms with Gasteiger partial charge in [-0.3, -0.25) is 0 Å². The van der Waals surface area contributed by atoms with Crippen molar-refractivity contribution in [1.29, 1.82) is 5.26 Å². The molecule has 0 aromatic rings. The third-order valence-corrected chi connectivity index (χ3v) is 3.07. The molecule has 2 aliphatic carbocycles. The molecule has 0 aliphatic heterocycles. The molecule has 0 aromatic carbocycles. The molecule has 0 spiro atoms. The average Bonchev–Trinajstić information content (AvgIpc) is 2.44. The minimum atomic E-state index is 0.374. The van der Waals surface area contributed by atoms with Crippen molar-refractivity contribution in [1.82, 2.24) is 0 Å². The summed E-state index contributed by atoms with van der Waals surface area (Å²) in [5.41, 5.74) is 0. The molecule has 3 atom stereocenters. The number of hydrogen-bond acceptors (Lipinski definition) is 1. The maximum absolute atomic E-state index is 8.74. The molecule has 0 N–H and O–H groups in total. The molecule has 0 aromatic heterocycles. The van der Waals surface area contributed by atoms with Crippen LogP contribution >= 0.6 is 0 Å². The highest BCUT2D eigenvalue weighted by atomic mass is 14.5. The lowest BCUT2D eigenvalue weighted by atomic mass is 9.83. The summed E-state index contributed by atoms with van der Waals surface area (Å²) in [6.07, 6.45) is 3.80. The van der Waals surface area contributed by atoms with E-state index in [-0.39, 0.29) is 0 Å². The van der Waals surface area contributed by atoms with Crippen LogP contribution in [0.1, 0.15) is 26.2 Å². The molecule has 53 valence electrons. The Hall–Kier alpha value is -0.510. The molecule has 0 heterocycles. The summed E-state index contributed by atoms with van der Waals surface area (Å²) in [6, 6.07) is 2.40. The lowest BCUT2D eigenvalue weighted by Gasteiger charge is -2.20. The molecule has 0 saturated heterocycles. The molecule has 10 heavy (non-hydrogen) atoms. The highest BCUT2D eigenvalue weighted by molar-refractivity contribution is 5.13. The van der Waals surface area contributed by atoms with Crippen LogP contribution in [0.5, 0.6) is 0 Å². The standard InChI is InChI=1S/C9H12N/c1-6-2-7-3-8(5-10)9(6)4-7/h7-9H,2-4H2,1H3. The fourth-order valence-electron chi connectivity index (χ4n) is 2.60. The van der Waals surface area contributed by atoms with Crippen molar-refractivity contribution in [3.63, 3.8) is 0 Å². The molecule has 1 radical (unpaired) electrons. The molecule has 3 unspecified atom stereocenters. The Kier molecular flexibility index (Phi) is 1.23. The first-order chi connectivity index (χ1) is 4.81. The second-order valence-electron chi connectivity index (χ2n) is 3.73. The molecule has 2 rings (SSSR count). The number of nitrogens with zero attached hydrogens (tertiary/aromatic N) is 1. The second-order valence-corrected chi connectivity index (χ2v) is 3.73. The van der Waals surface area contributed by atoms with E-state index in [1.165, 1.54) is 19.3 Å². The Morgan fingerprint density at radius 3 is 2.70 bits per heavy atom. The monoisotopic (exact) mass is 134 g/mol. The molecule has 1 nitrogen and oxygen atoms in total. The number of rotatable bonds is 0. The topological polar surface area (TPSA) is 23.8 Å². The summed E-state index contributed by atoms with van der Waals surface area (Å²) >= 11 is 0. The predicted molar refractivity (Wildman–Crippen MR) is 38.9 cm³/mol. The summed E-state index contributed by atoms with van der Waals surface area (Å²) in [5, 5.41) is 8.74. The van der Waals surface area contributed by atoms with Crippen molar-refractivity contribution in [2.24, 2.45) is 17.8 Å². The van der Waals surface area contributed by atoms with Gasteiger partial charge in [0.1, 0.15) is 0 Å². The third kappa shape index (κ3) is 0.683. The van der Waals surface area contributed by atoms with Gasteiger partial charge in [-0.05, 0) is 37.0 Å². The average molecular weight is 134 g/mol. The van der Waals surface area contributed by atoms with Crippen molar-refractivity contribution >= 4 is 0 Å². The maximum Gasteiger partial charge on any atom is 0.0659 e. The Morgan fingerprint density at radius 1 is 1.50 bits per heavy atom. The van der Waals surface area contributed by atoms with Crippen LogP contribution in [0.4, 0.5) is 0 Å². The van der Waals surface area contributed by atoms with Gasteiger partial charge in [0.2, 0.25) is 0 Å². The first kappa shape index (κ1) is 6.22. The zero-order valence-corrected chi connectivity index (χ0v) is 6.30. The van der Waals surface area contributed by atoms with E-state index in [1.54, 1.807) is 5.92 Å². The Labute approximate surface area is 62.0 Å². The summed E-state index contributed by atoms with van der Waals surface area (Å²) in [7, 11) is 0. The molecule has 2 fully saturated rings. The summed E-state index contributed by atoms with van der Waals surface area (Å²) in [6.45, 7) is 2.22. The zero-order valence-electron chi connectivity index (χ0n) is 6.30. The van der Waals surface area contributed by atoms with Crippen LogP contribution in [0, 0.1) is 35.0 Å². The van der Waals surface area contributed by atoms with E-state index < -0.39 is 0 Å². The Morgan fingerprint density at radius 2 is 2.30 bits per heavy atom. The predicted octanol–water partition coefficient (Wildman–Crippen LogP) is 2.15. The van der Waals surface area contributed by atoms with E-state index in [2.05, 4.69) is 13.0 Å². The van der Waals surface area contributed by atoms with Crippen molar-refractivity contribution in [2.75, 3.05) is 0 Å². The van der Waals surface area contributed by atoms with Crippen molar-refractivity contribution in [3.05, 3.63) is 5.92 Å². The van der Waals surface area contributed by atoms with Gasteiger partial charge < -0.3 is 0 Å².